The maximum Gasteiger partial charge on any atom is 0.336 e. The fourth-order valence-corrected chi connectivity index (χ4v) is 3.59. The van der Waals surface area contributed by atoms with Crippen molar-refractivity contribution in [1.82, 2.24) is 5.32 Å². The molecule has 178 valence electrons. The van der Waals surface area contributed by atoms with E-state index in [1.807, 2.05) is 24.3 Å². The summed E-state index contributed by atoms with van der Waals surface area (Å²) in [6.07, 6.45) is 3.02. The van der Waals surface area contributed by atoms with Crippen LogP contribution in [-0.4, -0.2) is 36.7 Å². The molecule has 0 unspecified atom stereocenters. The molecule has 1 aliphatic heterocycles. The third-order valence-electron chi connectivity index (χ3n) is 4.84. The number of rotatable bonds is 7. The summed E-state index contributed by atoms with van der Waals surface area (Å²) in [7, 11) is 0. The summed E-state index contributed by atoms with van der Waals surface area (Å²) in [5, 5.41) is 3.12. The Morgan fingerprint density at radius 1 is 0.909 bits per heavy atom. The van der Waals surface area contributed by atoms with Crippen molar-refractivity contribution in [1.29, 1.82) is 0 Å². The molecule has 1 aromatic carbocycles. The topological polar surface area (TPSA) is 90.9 Å². The second-order valence-corrected chi connectivity index (χ2v) is 8.61. The van der Waals surface area contributed by atoms with Gasteiger partial charge in [0.05, 0.1) is 30.3 Å². The van der Waals surface area contributed by atoms with Crippen LogP contribution < -0.4 is 5.32 Å². The molecule has 1 N–H and O–H groups in total. The Hall–Kier alpha value is -3.35. The number of dihydropyridines is 1. The highest BCUT2D eigenvalue weighted by molar-refractivity contribution is 6.00. The number of ether oxygens (including phenoxy) is 3. The molecule has 0 atom stereocenters. The Morgan fingerprint density at radius 2 is 1.39 bits per heavy atom. The maximum absolute atomic E-state index is 12.8. The van der Waals surface area contributed by atoms with Crippen molar-refractivity contribution in [2.75, 3.05) is 13.2 Å². The quantitative estimate of drug-likeness (QED) is 0.370. The summed E-state index contributed by atoms with van der Waals surface area (Å²) in [5.74, 6) is -2.06. The van der Waals surface area contributed by atoms with Gasteiger partial charge in [-0.15, -0.1) is 0 Å². The normalized spacial score (nSPS) is 14.9. The van der Waals surface area contributed by atoms with Gasteiger partial charge in [-0.1, -0.05) is 24.3 Å². The van der Waals surface area contributed by atoms with Gasteiger partial charge in [0.25, 0.3) is 0 Å². The van der Waals surface area contributed by atoms with E-state index in [-0.39, 0.29) is 13.2 Å². The molecule has 0 spiro atoms. The number of esters is 3. The molecular formula is C26H33NO6. The second-order valence-electron chi connectivity index (χ2n) is 8.61. The lowest BCUT2D eigenvalue weighted by Gasteiger charge is -2.30. The van der Waals surface area contributed by atoms with Crippen molar-refractivity contribution in [2.24, 2.45) is 0 Å². The summed E-state index contributed by atoms with van der Waals surface area (Å²) in [5.41, 5.74) is 2.91. The van der Waals surface area contributed by atoms with Crippen LogP contribution >= 0.6 is 0 Å². The molecular weight excluding hydrogens is 422 g/mol. The summed E-state index contributed by atoms with van der Waals surface area (Å²) in [6, 6.07) is 7.27. The number of benzene rings is 1. The molecule has 7 heteroatoms. The first-order valence-electron chi connectivity index (χ1n) is 11.0. The zero-order valence-corrected chi connectivity index (χ0v) is 20.4. The Labute approximate surface area is 195 Å². The van der Waals surface area contributed by atoms with Crippen molar-refractivity contribution in [3.8, 4) is 0 Å². The summed E-state index contributed by atoms with van der Waals surface area (Å²) >= 11 is 0. The fourth-order valence-electron chi connectivity index (χ4n) is 3.59. The molecule has 0 aliphatic carbocycles. The minimum atomic E-state index is -0.645. The van der Waals surface area contributed by atoms with Gasteiger partial charge in [-0.25, -0.2) is 14.4 Å². The highest BCUT2D eigenvalue weighted by atomic mass is 16.6. The number of carbonyl (C=O) groups is 3. The average Bonchev–Trinajstić information content (AvgIpc) is 2.71. The minimum absolute atomic E-state index is 0.216. The highest BCUT2D eigenvalue weighted by Crippen LogP contribution is 2.39. The predicted octanol–water partition coefficient (Wildman–Crippen LogP) is 4.40. The van der Waals surface area contributed by atoms with Gasteiger partial charge in [-0.2, -0.15) is 0 Å². The molecule has 0 fully saturated rings. The molecule has 1 aliphatic rings. The van der Waals surface area contributed by atoms with Crippen LogP contribution in [0.2, 0.25) is 0 Å². The monoisotopic (exact) mass is 455 g/mol. The number of nitrogens with one attached hydrogen (secondary N) is 1. The van der Waals surface area contributed by atoms with Crippen LogP contribution in [0.15, 0.2) is 52.9 Å². The van der Waals surface area contributed by atoms with E-state index in [4.69, 9.17) is 14.2 Å². The molecule has 0 radical (unpaired) electrons. The second kappa shape index (κ2) is 11.0. The number of allylic oxidation sites excluding steroid dienone is 2. The van der Waals surface area contributed by atoms with Gasteiger partial charge < -0.3 is 19.5 Å². The van der Waals surface area contributed by atoms with Gasteiger partial charge in [-0.05, 0) is 65.7 Å². The summed E-state index contributed by atoms with van der Waals surface area (Å²) in [4.78, 5) is 37.6. The SMILES string of the molecule is CCOC(=O)C1=C(C)NC(C)=C(C(=O)OCC)C1c1ccc(/C=C/C(=O)OC(C)(C)C)cc1. The molecule has 0 bridgehead atoms. The van der Waals surface area contributed by atoms with Crippen molar-refractivity contribution < 1.29 is 28.6 Å². The number of hydrogen-bond donors (Lipinski definition) is 1. The van der Waals surface area contributed by atoms with E-state index in [9.17, 15) is 14.4 Å². The fraction of sp³-hybridized carbons (Fsp3) is 0.423. The van der Waals surface area contributed by atoms with E-state index >= 15 is 0 Å². The van der Waals surface area contributed by atoms with Gasteiger partial charge >= 0.3 is 17.9 Å². The van der Waals surface area contributed by atoms with E-state index in [0.29, 0.717) is 22.5 Å². The lowest BCUT2D eigenvalue weighted by atomic mass is 9.80. The predicted molar refractivity (Wildman–Crippen MR) is 126 cm³/mol. The first-order valence-corrected chi connectivity index (χ1v) is 11.0. The molecule has 33 heavy (non-hydrogen) atoms. The summed E-state index contributed by atoms with van der Waals surface area (Å²) in [6.45, 7) is 12.9. The highest BCUT2D eigenvalue weighted by Gasteiger charge is 2.37. The third-order valence-corrected chi connectivity index (χ3v) is 4.84. The lowest BCUT2D eigenvalue weighted by molar-refractivity contribution is -0.148. The number of carbonyl (C=O) groups excluding carboxylic acids is 3. The molecule has 7 nitrogen and oxygen atoms in total. The van der Waals surface area contributed by atoms with Crippen molar-refractivity contribution >= 4 is 24.0 Å². The van der Waals surface area contributed by atoms with Crippen molar-refractivity contribution in [3.63, 3.8) is 0 Å². The Morgan fingerprint density at radius 3 is 1.82 bits per heavy atom. The maximum atomic E-state index is 12.8. The molecule has 0 amide bonds. The minimum Gasteiger partial charge on any atom is -0.463 e. The Kier molecular flexibility index (Phi) is 8.63. The first-order chi connectivity index (χ1) is 15.5. The van der Waals surface area contributed by atoms with Crippen molar-refractivity contribution in [3.05, 3.63) is 64.0 Å². The van der Waals surface area contributed by atoms with Gasteiger partial charge in [-0.3, -0.25) is 0 Å². The smallest absolute Gasteiger partial charge is 0.336 e. The van der Waals surface area contributed by atoms with E-state index in [0.717, 1.165) is 11.1 Å². The zero-order chi connectivity index (χ0) is 24.8. The Bertz CT molecular complexity index is 953. The number of hydrogen-bond acceptors (Lipinski definition) is 7. The van der Waals surface area contributed by atoms with Crippen LogP contribution in [0.4, 0.5) is 0 Å². The van der Waals surface area contributed by atoms with Crippen LogP contribution in [-0.2, 0) is 28.6 Å². The zero-order valence-electron chi connectivity index (χ0n) is 20.4. The van der Waals surface area contributed by atoms with Gasteiger partial charge in [0.2, 0.25) is 0 Å². The largest absolute Gasteiger partial charge is 0.463 e. The van der Waals surface area contributed by atoms with E-state index < -0.39 is 29.4 Å². The average molecular weight is 456 g/mol. The molecule has 1 aromatic rings. The van der Waals surface area contributed by atoms with Crippen LogP contribution in [0.25, 0.3) is 6.08 Å². The summed E-state index contributed by atoms with van der Waals surface area (Å²) < 4.78 is 15.8. The standard InChI is InChI=1S/C26H33NO6/c1-8-31-24(29)21-16(3)27-17(4)22(25(30)32-9-2)23(21)19-13-10-18(11-14-19)12-15-20(28)33-26(5,6)7/h10-15,23,27H,8-9H2,1-7H3/b15-12+. The van der Waals surface area contributed by atoms with Crippen LogP contribution in [0.3, 0.4) is 0 Å². The van der Waals surface area contributed by atoms with E-state index in [1.54, 1.807) is 54.5 Å². The van der Waals surface area contributed by atoms with E-state index in [2.05, 4.69) is 5.32 Å². The van der Waals surface area contributed by atoms with Crippen molar-refractivity contribution in [2.45, 2.75) is 60.0 Å². The molecule has 1 heterocycles. The van der Waals surface area contributed by atoms with Crippen LogP contribution in [0, 0.1) is 0 Å². The first kappa shape index (κ1) is 25.9. The Balaban J connectivity index is 2.44. The van der Waals surface area contributed by atoms with Gasteiger partial charge in [0.15, 0.2) is 0 Å². The lowest BCUT2D eigenvalue weighted by Crippen LogP contribution is -2.32. The van der Waals surface area contributed by atoms with Crippen LogP contribution in [0.1, 0.15) is 65.5 Å². The van der Waals surface area contributed by atoms with Gasteiger partial charge in [0.1, 0.15) is 5.60 Å². The molecule has 2 rings (SSSR count). The molecule has 0 saturated heterocycles. The van der Waals surface area contributed by atoms with E-state index in [1.165, 1.54) is 6.08 Å². The van der Waals surface area contributed by atoms with Gasteiger partial charge in [0, 0.05) is 17.5 Å². The molecule has 0 saturated carbocycles. The molecule has 0 aromatic heterocycles. The third kappa shape index (κ3) is 6.81. The van der Waals surface area contributed by atoms with Crippen LogP contribution in [0.5, 0.6) is 0 Å².